The predicted octanol–water partition coefficient (Wildman–Crippen LogP) is 2.57. The number of rotatable bonds is 3. The summed E-state index contributed by atoms with van der Waals surface area (Å²) in [5.41, 5.74) is 3.69. The molecule has 0 bridgehead atoms. The number of hydrogen-bond acceptors (Lipinski definition) is 5. The van der Waals surface area contributed by atoms with Crippen LogP contribution in [0.5, 0.6) is 11.5 Å². The van der Waals surface area contributed by atoms with Crippen molar-refractivity contribution < 1.29 is 14.3 Å². The van der Waals surface area contributed by atoms with Crippen molar-refractivity contribution in [1.29, 1.82) is 0 Å². The lowest BCUT2D eigenvalue weighted by molar-refractivity contribution is 0.206. The molecule has 1 aliphatic heterocycles. The maximum Gasteiger partial charge on any atom is 0.322 e. The number of carbonyl (C=O) groups excluding carboxylic acids is 1. The Morgan fingerprint density at radius 3 is 2.88 bits per heavy atom. The van der Waals surface area contributed by atoms with Gasteiger partial charge in [0.15, 0.2) is 17.1 Å². The van der Waals surface area contributed by atoms with E-state index in [0.717, 1.165) is 23.0 Å². The minimum absolute atomic E-state index is 0.157. The highest BCUT2D eigenvalue weighted by molar-refractivity contribution is 5.90. The number of nitrogens with one attached hydrogen (secondary N) is 2. The van der Waals surface area contributed by atoms with Crippen LogP contribution in [-0.4, -0.2) is 46.9 Å². The van der Waals surface area contributed by atoms with Crippen LogP contribution in [0, 0.1) is 0 Å². The van der Waals surface area contributed by atoms with E-state index in [9.17, 15) is 4.79 Å². The van der Waals surface area contributed by atoms with Gasteiger partial charge in [-0.3, -0.25) is 5.10 Å². The summed E-state index contributed by atoms with van der Waals surface area (Å²) >= 11 is 0. The first-order valence-corrected chi connectivity index (χ1v) is 8.27. The maximum absolute atomic E-state index is 12.6. The lowest BCUT2D eigenvalue weighted by Gasteiger charge is -2.29. The molecule has 3 heterocycles. The van der Waals surface area contributed by atoms with Gasteiger partial charge < -0.3 is 19.7 Å². The zero-order valence-electron chi connectivity index (χ0n) is 14.6. The first-order chi connectivity index (χ1) is 12.7. The van der Waals surface area contributed by atoms with Gasteiger partial charge in [0.1, 0.15) is 0 Å². The number of aromatic nitrogens is 3. The highest BCUT2D eigenvalue weighted by Crippen LogP contribution is 2.30. The molecule has 2 amide bonds. The van der Waals surface area contributed by atoms with Gasteiger partial charge in [0.25, 0.3) is 0 Å². The average molecular weight is 353 g/mol. The van der Waals surface area contributed by atoms with Gasteiger partial charge in [-0.05, 0) is 29.7 Å². The van der Waals surface area contributed by atoms with Crippen molar-refractivity contribution >= 4 is 22.8 Å². The number of fused-ring (bicyclic) bond motifs is 3. The highest BCUT2D eigenvalue weighted by Gasteiger charge is 2.23. The van der Waals surface area contributed by atoms with Gasteiger partial charge in [-0.25, -0.2) is 9.78 Å². The monoisotopic (exact) mass is 353 g/mol. The SMILES string of the molecule is COc1ccc(NC(=O)N2CCc3c(cnc4[nH]ncc34)C2)cc1OC. The number of carbonyl (C=O) groups is 1. The quantitative estimate of drug-likeness (QED) is 0.755. The van der Waals surface area contributed by atoms with Crippen LogP contribution in [0.4, 0.5) is 10.5 Å². The Morgan fingerprint density at radius 2 is 2.08 bits per heavy atom. The Hall–Kier alpha value is -3.29. The van der Waals surface area contributed by atoms with Crippen molar-refractivity contribution in [2.45, 2.75) is 13.0 Å². The molecule has 1 aliphatic rings. The number of benzene rings is 1. The summed E-state index contributed by atoms with van der Waals surface area (Å²) < 4.78 is 10.5. The van der Waals surface area contributed by atoms with Crippen molar-refractivity contribution in [1.82, 2.24) is 20.1 Å². The molecule has 0 unspecified atom stereocenters. The van der Waals surface area contributed by atoms with Crippen LogP contribution in [0.1, 0.15) is 11.1 Å². The molecule has 0 fully saturated rings. The molecule has 8 nitrogen and oxygen atoms in total. The molecule has 1 aromatic carbocycles. The number of aromatic amines is 1. The van der Waals surface area contributed by atoms with Crippen LogP contribution in [-0.2, 0) is 13.0 Å². The summed E-state index contributed by atoms with van der Waals surface area (Å²) in [6.45, 7) is 1.15. The van der Waals surface area contributed by atoms with Crippen LogP contribution >= 0.6 is 0 Å². The van der Waals surface area contributed by atoms with Crippen LogP contribution in [0.2, 0.25) is 0 Å². The molecule has 4 rings (SSSR count). The molecule has 0 spiro atoms. The van der Waals surface area contributed by atoms with Crippen molar-refractivity contribution in [3.8, 4) is 11.5 Å². The number of nitrogens with zero attached hydrogens (tertiary/aromatic N) is 3. The fraction of sp³-hybridized carbons (Fsp3) is 0.278. The van der Waals surface area contributed by atoms with Gasteiger partial charge in [0.05, 0.1) is 20.4 Å². The van der Waals surface area contributed by atoms with E-state index in [0.29, 0.717) is 30.3 Å². The van der Waals surface area contributed by atoms with Gasteiger partial charge in [-0.2, -0.15) is 5.10 Å². The molecule has 0 aliphatic carbocycles. The summed E-state index contributed by atoms with van der Waals surface area (Å²) in [5, 5.41) is 10.9. The van der Waals surface area contributed by atoms with E-state index in [4.69, 9.17) is 9.47 Å². The fourth-order valence-corrected chi connectivity index (χ4v) is 3.24. The predicted molar refractivity (Wildman–Crippen MR) is 96.6 cm³/mol. The van der Waals surface area contributed by atoms with Crippen LogP contribution in [0.3, 0.4) is 0 Å². The molecule has 0 atom stereocenters. The molecular weight excluding hydrogens is 334 g/mol. The number of ether oxygens (including phenoxy) is 2. The molecule has 0 radical (unpaired) electrons. The second kappa shape index (κ2) is 6.55. The zero-order chi connectivity index (χ0) is 18.1. The number of anilines is 1. The Bertz CT molecular complexity index is 969. The Balaban J connectivity index is 1.51. The minimum atomic E-state index is -0.157. The minimum Gasteiger partial charge on any atom is -0.493 e. The number of methoxy groups -OCH3 is 2. The van der Waals surface area contributed by atoms with Crippen molar-refractivity contribution in [2.75, 3.05) is 26.1 Å². The van der Waals surface area contributed by atoms with Crippen LogP contribution in [0.15, 0.2) is 30.6 Å². The van der Waals surface area contributed by atoms with E-state index in [1.807, 2.05) is 6.20 Å². The largest absolute Gasteiger partial charge is 0.493 e. The molecule has 0 saturated heterocycles. The van der Waals surface area contributed by atoms with E-state index in [-0.39, 0.29) is 6.03 Å². The molecule has 8 heteroatoms. The first kappa shape index (κ1) is 16.2. The van der Waals surface area contributed by atoms with E-state index in [1.165, 1.54) is 5.56 Å². The Labute approximate surface area is 150 Å². The Kier molecular flexibility index (Phi) is 4.08. The molecule has 26 heavy (non-hydrogen) atoms. The molecule has 2 aromatic heterocycles. The summed E-state index contributed by atoms with van der Waals surface area (Å²) in [6, 6.07) is 5.13. The number of pyridine rings is 1. The second-order valence-electron chi connectivity index (χ2n) is 6.07. The van der Waals surface area contributed by atoms with Gasteiger partial charge in [0, 0.05) is 36.4 Å². The summed E-state index contributed by atoms with van der Waals surface area (Å²) in [6.07, 6.45) is 4.37. The lowest BCUT2D eigenvalue weighted by Crippen LogP contribution is -2.39. The van der Waals surface area contributed by atoms with Gasteiger partial charge in [0.2, 0.25) is 0 Å². The summed E-state index contributed by atoms with van der Waals surface area (Å²) in [4.78, 5) is 18.8. The topological polar surface area (TPSA) is 92.4 Å². The normalized spacial score (nSPS) is 13.4. The number of urea groups is 1. The summed E-state index contributed by atoms with van der Waals surface area (Å²) in [7, 11) is 3.14. The second-order valence-corrected chi connectivity index (χ2v) is 6.07. The standard InChI is InChI=1S/C18H19N5O3/c1-25-15-4-3-12(7-16(15)26-2)21-18(24)23-6-5-13-11(10-23)8-19-17-14(13)9-20-22-17/h3-4,7-9H,5-6,10H2,1-2H3,(H,21,24)(H,19,20,22). The maximum atomic E-state index is 12.6. The third-order valence-electron chi connectivity index (χ3n) is 4.60. The molecule has 134 valence electrons. The Morgan fingerprint density at radius 1 is 1.23 bits per heavy atom. The molecule has 2 N–H and O–H groups in total. The van der Waals surface area contributed by atoms with Crippen LogP contribution in [0.25, 0.3) is 11.0 Å². The van der Waals surface area contributed by atoms with Crippen molar-refractivity contribution in [3.05, 3.63) is 41.7 Å². The van der Waals surface area contributed by atoms with E-state index >= 15 is 0 Å². The van der Waals surface area contributed by atoms with Gasteiger partial charge in [-0.1, -0.05) is 0 Å². The third-order valence-corrected chi connectivity index (χ3v) is 4.60. The van der Waals surface area contributed by atoms with Crippen molar-refractivity contribution in [2.24, 2.45) is 0 Å². The van der Waals surface area contributed by atoms with Gasteiger partial charge >= 0.3 is 6.03 Å². The fourth-order valence-electron chi connectivity index (χ4n) is 3.24. The smallest absolute Gasteiger partial charge is 0.322 e. The van der Waals surface area contributed by atoms with Crippen molar-refractivity contribution in [3.63, 3.8) is 0 Å². The van der Waals surface area contributed by atoms with E-state index in [2.05, 4.69) is 20.5 Å². The molecule has 3 aromatic rings. The molecular formula is C18H19N5O3. The summed E-state index contributed by atoms with van der Waals surface area (Å²) in [5.74, 6) is 1.19. The zero-order valence-corrected chi connectivity index (χ0v) is 14.6. The van der Waals surface area contributed by atoms with E-state index < -0.39 is 0 Å². The molecule has 0 saturated carbocycles. The van der Waals surface area contributed by atoms with Crippen LogP contribution < -0.4 is 14.8 Å². The highest BCUT2D eigenvalue weighted by atomic mass is 16.5. The number of amides is 2. The third kappa shape index (κ3) is 2.79. The number of H-pyrrole nitrogens is 1. The number of hydrogen-bond donors (Lipinski definition) is 2. The van der Waals surface area contributed by atoms with E-state index in [1.54, 1.807) is 43.5 Å². The average Bonchev–Trinajstić information content (AvgIpc) is 3.16. The van der Waals surface area contributed by atoms with Gasteiger partial charge in [-0.15, -0.1) is 0 Å². The lowest BCUT2D eigenvalue weighted by atomic mass is 9.99. The first-order valence-electron chi connectivity index (χ1n) is 8.27.